The Morgan fingerprint density at radius 3 is 2.30 bits per heavy atom. The Bertz CT molecular complexity index is 890. The van der Waals surface area contributed by atoms with Gasteiger partial charge in [-0.05, 0) is 12.8 Å². The number of carbonyl (C=O) groups is 4. The molecule has 40 heavy (non-hydrogen) atoms. The molecule has 0 aromatic rings. The summed E-state index contributed by atoms with van der Waals surface area (Å²) in [6.45, 7) is 3.10. The van der Waals surface area contributed by atoms with E-state index in [0.29, 0.717) is 6.61 Å². The summed E-state index contributed by atoms with van der Waals surface area (Å²) in [5.41, 5.74) is 0. The first-order valence-electron chi connectivity index (χ1n) is 13.0. The highest BCUT2D eigenvalue weighted by Gasteiger charge is 2.56. The fourth-order valence-corrected chi connectivity index (χ4v) is 4.62. The number of hydrogen-bond donors (Lipinski definition) is 8. The van der Waals surface area contributed by atoms with Crippen LogP contribution in [-0.2, 0) is 38.1 Å². The molecular formula is C24H40N2O14. The smallest absolute Gasteiger partial charge is 0.364 e. The van der Waals surface area contributed by atoms with Crippen LogP contribution >= 0.6 is 0 Å². The van der Waals surface area contributed by atoms with Crippen LogP contribution in [0.3, 0.4) is 0 Å². The molecule has 2 saturated heterocycles. The summed E-state index contributed by atoms with van der Waals surface area (Å²) in [5.74, 6) is -6.45. The highest BCUT2D eigenvalue weighted by atomic mass is 16.7. The molecule has 0 spiro atoms. The van der Waals surface area contributed by atoms with Crippen LogP contribution in [0.1, 0.15) is 40.0 Å². The van der Waals surface area contributed by atoms with Crippen molar-refractivity contribution in [2.45, 2.75) is 101 Å². The highest BCUT2D eigenvalue weighted by molar-refractivity contribution is 5.93. The molecule has 0 saturated carbocycles. The molecule has 2 fully saturated rings. The minimum absolute atomic E-state index is 0.144. The van der Waals surface area contributed by atoms with Crippen molar-refractivity contribution in [1.82, 2.24) is 10.6 Å². The Kier molecular flexibility index (Phi) is 12.8. The molecule has 8 N–H and O–H groups in total. The third-order valence-electron chi connectivity index (χ3n) is 6.59. The lowest BCUT2D eigenvalue weighted by Gasteiger charge is -2.47. The van der Waals surface area contributed by atoms with Gasteiger partial charge in [-0.2, -0.15) is 0 Å². The number of Topliss-reactive ketones (excluding diaryl/α,β-unsaturated/α-hetero) is 1. The zero-order valence-corrected chi connectivity index (χ0v) is 22.6. The Labute approximate surface area is 230 Å². The largest absolute Gasteiger partial charge is 0.477 e. The molecule has 0 radical (unpaired) electrons. The van der Waals surface area contributed by atoms with Crippen molar-refractivity contribution < 1.29 is 68.8 Å². The number of aliphatic carboxylic acids is 1. The summed E-state index contributed by atoms with van der Waals surface area (Å²) in [7, 11) is 0. The quantitative estimate of drug-likeness (QED) is 0.0917. The first kappa shape index (κ1) is 33.9. The van der Waals surface area contributed by atoms with Crippen LogP contribution in [0.25, 0.3) is 0 Å². The van der Waals surface area contributed by atoms with Gasteiger partial charge >= 0.3 is 5.97 Å². The monoisotopic (exact) mass is 580 g/mol. The van der Waals surface area contributed by atoms with Gasteiger partial charge in [0.25, 0.3) is 5.79 Å². The standard InChI is InChI=1S/C24H40N2O14/c1-4-6-37-7-5-15-18(26-12(3)29)21(34)20(33)16(39-15)10-38-24(23(35)36)8-13(30)17(25-11(2)28)22(40-24)19(32)14(31)9-27/h13-20,22,27,30-33H,4-10H2,1-3H3,(H,25,28)(H,26,29)(H,35,36)/t13?,14-,15-,16-,17?,18+,19-,20+,22?,24?/m1/s1. The van der Waals surface area contributed by atoms with E-state index in [2.05, 4.69) is 10.6 Å². The number of carboxylic acids is 1. The number of carbonyl (C=O) groups excluding carboxylic acids is 3. The normalized spacial score (nSPS) is 34.1. The Balaban J connectivity index is 2.28. The van der Waals surface area contributed by atoms with Crippen LogP contribution in [0.2, 0.25) is 0 Å². The zero-order chi connectivity index (χ0) is 30.2. The fourth-order valence-electron chi connectivity index (χ4n) is 4.62. The van der Waals surface area contributed by atoms with Crippen molar-refractivity contribution in [3.8, 4) is 0 Å². The third kappa shape index (κ3) is 8.37. The van der Waals surface area contributed by atoms with Crippen LogP contribution in [0, 0.1) is 0 Å². The minimum atomic E-state index is -2.68. The Morgan fingerprint density at radius 1 is 1.10 bits per heavy atom. The summed E-state index contributed by atoms with van der Waals surface area (Å²) in [6.07, 6.45) is -11.4. The average Bonchev–Trinajstić information content (AvgIpc) is 2.89. The van der Waals surface area contributed by atoms with E-state index in [1.165, 1.54) is 6.92 Å². The molecule has 2 rings (SSSR count). The predicted molar refractivity (Wildman–Crippen MR) is 132 cm³/mol. The van der Waals surface area contributed by atoms with Crippen molar-refractivity contribution in [2.75, 3.05) is 26.4 Å². The molecule has 0 bridgehead atoms. The van der Waals surface area contributed by atoms with Crippen molar-refractivity contribution in [1.29, 1.82) is 0 Å². The van der Waals surface area contributed by atoms with Gasteiger partial charge in [-0.15, -0.1) is 0 Å². The van der Waals surface area contributed by atoms with Crippen molar-refractivity contribution in [2.24, 2.45) is 0 Å². The van der Waals surface area contributed by atoms with Gasteiger partial charge < -0.3 is 60.2 Å². The summed E-state index contributed by atoms with van der Waals surface area (Å²) in [6, 6.07) is -2.60. The maximum absolute atomic E-state index is 12.9. The zero-order valence-electron chi connectivity index (χ0n) is 22.6. The van der Waals surface area contributed by atoms with E-state index in [0.717, 1.165) is 13.3 Å². The van der Waals surface area contributed by atoms with Crippen molar-refractivity contribution in [3.63, 3.8) is 0 Å². The van der Waals surface area contributed by atoms with Crippen LogP contribution < -0.4 is 10.6 Å². The predicted octanol–water partition coefficient (Wildman–Crippen LogP) is -3.83. The first-order chi connectivity index (χ1) is 18.8. The molecule has 0 aromatic heterocycles. The summed E-state index contributed by atoms with van der Waals surface area (Å²) < 4.78 is 22.3. The Morgan fingerprint density at radius 2 is 1.75 bits per heavy atom. The highest BCUT2D eigenvalue weighted by Crippen LogP contribution is 2.34. The second-order valence-corrected chi connectivity index (χ2v) is 9.83. The lowest BCUT2D eigenvalue weighted by atomic mass is 9.88. The average molecular weight is 581 g/mol. The van der Waals surface area contributed by atoms with E-state index < -0.39 is 104 Å². The molecule has 0 aliphatic carbocycles. The molecule has 4 unspecified atom stereocenters. The van der Waals surface area contributed by atoms with Crippen LogP contribution in [0.4, 0.5) is 0 Å². The lowest BCUT2D eigenvalue weighted by Crippen LogP contribution is -2.68. The van der Waals surface area contributed by atoms with E-state index in [4.69, 9.17) is 18.9 Å². The summed E-state index contributed by atoms with van der Waals surface area (Å²) in [4.78, 5) is 48.6. The van der Waals surface area contributed by atoms with Crippen molar-refractivity contribution in [3.05, 3.63) is 0 Å². The molecule has 10 atom stereocenters. The second-order valence-electron chi connectivity index (χ2n) is 9.83. The molecule has 0 aromatic carbocycles. The number of rotatable bonds is 14. The number of amides is 2. The minimum Gasteiger partial charge on any atom is -0.477 e. The lowest BCUT2D eigenvalue weighted by molar-refractivity contribution is -0.319. The van der Waals surface area contributed by atoms with Gasteiger partial charge in [0, 0.05) is 33.5 Å². The number of nitrogens with one attached hydrogen (secondary N) is 2. The fraction of sp³-hybridized carbons (Fsp3) is 0.833. The molecule has 16 heteroatoms. The maximum atomic E-state index is 12.9. The number of ether oxygens (including phenoxy) is 4. The SMILES string of the molecule is CCCOCC[C@H]1O[C@H](COC2(C(=O)O)CC(O)C(NC(C)=O)C([C@H](O)[C@H](O)CO)O2)[C@H](O)C(=O)[C@H]1NC(C)=O. The molecule has 2 amide bonds. The van der Waals surface area contributed by atoms with E-state index >= 15 is 0 Å². The van der Waals surface area contributed by atoms with E-state index in [1.54, 1.807) is 0 Å². The molecular weight excluding hydrogens is 540 g/mol. The van der Waals surface area contributed by atoms with E-state index in [9.17, 15) is 49.8 Å². The van der Waals surface area contributed by atoms with Crippen LogP contribution in [-0.4, -0.2) is 141 Å². The van der Waals surface area contributed by atoms with E-state index in [1.807, 2.05) is 6.92 Å². The van der Waals surface area contributed by atoms with Gasteiger partial charge in [-0.3, -0.25) is 14.4 Å². The number of hydrogen-bond acceptors (Lipinski definition) is 13. The van der Waals surface area contributed by atoms with Gasteiger partial charge in [0.15, 0.2) is 5.78 Å². The van der Waals surface area contributed by atoms with Gasteiger partial charge in [0.1, 0.15) is 36.6 Å². The molecule has 230 valence electrons. The summed E-state index contributed by atoms with van der Waals surface area (Å²) >= 11 is 0. The maximum Gasteiger partial charge on any atom is 0.364 e. The molecule has 2 heterocycles. The van der Waals surface area contributed by atoms with Crippen LogP contribution in [0.5, 0.6) is 0 Å². The molecule has 2 aliphatic rings. The number of ketones is 1. The number of carboxylic acid groups (broad SMARTS) is 1. The van der Waals surface area contributed by atoms with Crippen LogP contribution in [0.15, 0.2) is 0 Å². The topological polar surface area (TPSA) is 251 Å². The Hall–Kier alpha value is -2.28. The second kappa shape index (κ2) is 15.1. The summed E-state index contributed by atoms with van der Waals surface area (Å²) in [5, 5.41) is 65.8. The number of aliphatic hydroxyl groups excluding tert-OH is 5. The van der Waals surface area contributed by atoms with E-state index in [-0.39, 0.29) is 13.0 Å². The number of aliphatic hydroxyl groups is 5. The van der Waals surface area contributed by atoms with Crippen molar-refractivity contribution >= 4 is 23.6 Å². The molecule has 16 nitrogen and oxygen atoms in total. The molecule has 2 aliphatic heterocycles. The van der Waals surface area contributed by atoms with Gasteiger partial charge in [-0.1, -0.05) is 6.92 Å². The van der Waals surface area contributed by atoms with Gasteiger partial charge in [-0.25, -0.2) is 4.79 Å². The van der Waals surface area contributed by atoms with Gasteiger partial charge in [0.05, 0.1) is 31.5 Å². The first-order valence-corrected chi connectivity index (χ1v) is 13.0. The van der Waals surface area contributed by atoms with Gasteiger partial charge in [0.2, 0.25) is 11.8 Å². The third-order valence-corrected chi connectivity index (χ3v) is 6.59.